The highest BCUT2D eigenvalue weighted by Gasteiger charge is 2.25. The number of hydrogen-bond donors (Lipinski definition) is 0. The maximum atomic E-state index is 13.0. The van der Waals surface area contributed by atoms with Gasteiger partial charge in [0.1, 0.15) is 16.4 Å². The lowest BCUT2D eigenvalue weighted by Crippen LogP contribution is -2.34. The van der Waals surface area contributed by atoms with Crippen LogP contribution >= 0.6 is 11.3 Å². The average Bonchev–Trinajstić information content (AvgIpc) is 3.40. The highest BCUT2D eigenvalue weighted by molar-refractivity contribution is 7.17. The van der Waals surface area contributed by atoms with Gasteiger partial charge in [-0.25, -0.2) is 14.6 Å². The number of rotatable bonds is 9. The van der Waals surface area contributed by atoms with Gasteiger partial charge in [-0.15, -0.1) is 0 Å². The third-order valence-electron chi connectivity index (χ3n) is 4.44. The van der Waals surface area contributed by atoms with Crippen LogP contribution in [-0.4, -0.2) is 36.0 Å². The number of carbonyl (C=O) groups is 3. The Morgan fingerprint density at radius 3 is 2.52 bits per heavy atom. The number of amides is 1. The second kappa shape index (κ2) is 11.2. The van der Waals surface area contributed by atoms with Gasteiger partial charge in [0.05, 0.1) is 18.8 Å². The second-order valence-corrected chi connectivity index (χ2v) is 7.96. The van der Waals surface area contributed by atoms with Crippen LogP contribution in [0.3, 0.4) is 0 Å². The van der Waals surface area contributed by atoms with Crippen molar-refractivity contribution in [3.8, 4) is 0 Å². The second-order valence-electron chi connectivity index (χ2n) is 6.99. The summed E-state index contributed by atoms with van der Waals surface area (Å²) in [7, 11) is 0. The van der Waals surface area contributed by atoms with E-state index in [0.29, 0.717) is 21.5 Å². The molecule has 3 rings (SSSR count). The molecule has 0 bridgehead atoms. The SMILES string of the molecule is CCOC(=O)c1sc(N(Cc2ccccc2)C(=O)COC(=O)/C=C/c2ccc(C)o2)nc1C. The van der Waals surface area contributed by atoms with Crippen LogP contribution in [0.1, 0.15) is 39.4 Å². The summed E-state index contributed by atoms with van der Waals surface area (Å²) in [5.41, 5.74) is 1.32. The van der Waals surface area contributed by atoms with Crippen LogP contribution in [-0.2, 0) is 25.6 Å². The number of esters is 2. The summed E-state index contributed by atoms with van der Waals surface area (Å²) < 4.78 is 15.5. The number of benzene rings is 1. The van der Waals surface area contributed by atoms with Gasteiger partial charge in [0.2, 0.25) is 0 Å². The van der Waals surface area contributed by atoms with Crippen molar-refractivity contribution in [3.63, 3.8) is 0 Å². The molecule has 0 atom stereocenters. The fourth-order valence-electron chi connectivity index (χ4n) is 2.86. The molecule has 0 radical (unpaired) electrons. The van der Waals surface area contributed by atoms with E-state index in [9.17, 15) is 14.4 Å². The minimum atomic E-state index is -0.681. The average molecular weight is 469 g/mol. The van der Waals surface area contributed by atoms with Crippen LogP contribution in [0.25, 0.3) is 6.08 Å². The van der Waals surface area contributed by atoms with Crippen LogP contribution < -0.4 is 4.90 Å². The summed E-state index contributed by atoms with van der Waals surface area (Å²) in [5.74, 6) is -0.421. The normalized spacial score (nSPS) is 10.9. The first-order valence-electron chi connectivity index (χ1n) is 10.3. The number of thiazole rings is 1. The molecule has 2 heterocycles. The molecule has 33 heavy (non-hydrogen) atoms. The molecule has 2 aromatic heterocycles. The molecule has 3 aromatic rings. The van der Waals surface area contributed by atoms with E-state index in [-0.39, 0.29) is 13.2 Å². The lowest BCUT2D eigenvalue weighted by atomic mass is 10.2. The molecule has 0 spiro atoms. The fraction of sp³-hybridized carbons (Fsp3) is 0.250. The molecule has 0 N–H and O–H groups in total. The van der Waals surface area contributed by atoms with Gasteiger partial charge in [-0.3, -0.25) is 9.69 Å². The van der Waals surface area contributed by atoms with Crippen molar-refractivity contribution in [1.82, 2.24) is 4.98 Å². The molecule has 8 nitrogen and oxygen atoms in total. The van der Waals surface area contributed by atoms with Crippen molar-refractivity contribution < 1.29 is 28.3 Å². The molecule has 9 heteroatoms. The lowest BCUT2D eigenvalue weighted by Gasteiger charge is -2.19. The van der Waals surface area contributed by atoms with Gasteiger partial charge in [-0.2, -0.15) is 0 Å². The zero-order chi connectivity index (χ0) is 23.8. The summed E-state index contributed by atoms with van der Waals surface area (Å²) in [6.07, 6.45) is 2.66. The molecule has 0 aliphatic carbocycles. The Bertz CT molecular complexity index is 1150. The first-order valence-corrected chi connectivity index (χ1v) is 11.1. The minimum absolute atomic E-state index is 0.202. The van der Waals surface area contributed by atoms with E-state index < -0.39 is 24.5 Å². The molecule has 1 amide bonds. The van der Waals surface area contributed by atoms with Crippen molar-refractivity contribution in [2.24, 2.45) is 0 Å². The van der Waals surface area contributed by atoms with E-state index >= 15 is 0 Å². The number of ether oxygens (including phenoxy) is 2. The van der Waals surface area contributed by atoms with E-state index in [4.69, 9.17) is 13.9 Å². The highest BCUT2D eigenvalue weighted by atomic mass is 32.1. The number of aryl methyl sites for hydroxylation is 2. The molecule has 172 valence electrons. The third-order valence-corrected chi connectivity index (χ3v) is 5.60. The number of hydrogen-bond acceptors (Lipinski definition) is 8. The van der Waals surface area contributed by atoms with Gasteiger partial charge >= 0.3 is 11.9 Å². The fourth-order valence-corrected chi connectivity index (χ4v) is 3.84. The Hall–Kier alpha value is -3.72. The molecule has 1 aromatic carbocycles. The smallest absolute Gasteiger partial charge is 0.350 e. The van der Waals surface area contributed by atoms with Crippen molar-refractivity contribution in [1.29, 1.82) is 0 Å². The van der Waals surface area contributed by atoms with Gasteiger partial charge in [0, 0.05) is 6.08 Å². The van der Waals surface area contributed by atoms with Gasteiger partial charge in [0.15, 0.2) is 11.7 Å². The van der Waals surface area contributed by atoms with Crippen LogP contribution in [0.5, 0.6) is 0 Å². The Morgan fingerprint density at radius 1 is 1.09 bits per heavy atom. The minimum Gasteiger partial charge on any atom is -0.462 e. The standard InChI is InChI=1S/C24H24N2O6S/c1-4-30-23(29)22-17(3)25-24(33-22)26(14-18-8-6-5-7-9-18)20(27)15-31-21(28)13-12-19-11-10-16(2)32-19/h5-13H,4,14-15H2,1-3H3/b13-12+. The summed E-state index contributed by atoms with van der Waals surface area (Å²) in [6.45, 7) is 5.14. The van der Waals surface area contributed by atoms with Crippen molar-refractivity contribution >= 4 is 40.4 Å². The molecular weight excluding hydrogens is 444 g/mol. The molecule has 0 aliphatic rings. The predicted molar refractivity (Wildman–Crippen MR) is 124 cm³/mol. The number of anilines is 1. The maximum absolute atomic E-state index is 13.0. The van der Waals surface area contributed by atoms with Crippen molar-refractivity contribution in [2.75, 3.05) is 18.1 Å². The third kappa shape index (κ3) is 6.63. The topological polar surface area (TPSA) is 98.9 Å². The first-order chi connectivity index (χ1) is 15.9. The molecule has 0 saturated heterocycles. The molecule has 0 unspecified atom stereocenters. The van der Waals surface area contributed by atoms with Gasteiger partial charge in [-0.05, 0) is 44.5 Å². The number of furan rings is 1. The molecular formula is C24H24N2O6S. The van der Waals surface area contributed by atoms with E-state index in [0.717, 1.165) is 22.7 Å². The Labute approximate surface area is 195 Å². The number of carbonyl (C=O) groups excluding carboxylic acids is 3. The first kappa shape index (κ1) is 23.9. The zero-order valence-electron chi connectivity index (χ0n) is 18.6. The van der Waals surface area contributed by atoms with Crippen LogP contribution in [0, 0.1) is 13.8 Å². The Kier molecular flexibility index (Phi) is 8.15. The highest BCUT2D eigenvalue weighted by Crippen LogP contribution is 2.28. The maximum Gasteiger partial charge on any atom is 0.350 e. The summed E-state index contributed by atoms with van der Waals surface area (Å²) >= 11 is 1.06. The number of nitrogens with zero attached hydrogens (tertiary/aromatic N) is 2. The monoisotopic (exact) mass is 468 g/mol. The largest absolute Gasteiger partial charge is 0.462 e. The summed E-state index contributed by atoms with van der Waals surface area (Å²) in [6, 6.07) is 12.8. The van der Waals surface area contributed by atoms with E-state index in [1.807, 2.05) is 30.3 Å². The van der Waals surface area contributed by atoms with E-state index in [1.54, 1.807) is 32.9 Å². The van der Waals surface area contributed by atoms with Crippen molar-refractivity contribution in [2.45, 2.75) is 27.3 Å². The van der Waals surface area contributed by atoms with Gasteiger partial charge in [0.25, 0.3) is 5.91 Å². The predicted octanol–water partition coefficient (Wildman–Crippen LogP) is 4.32. The Balaban J connectivity index is 1.74. The molecule has 0 fully saturated rings. The quantitative estimate of drug-likeness (QED) is 0.341. The van der Waals surface area contributed by atoms with Crippen LogP contribution in [0.2, 0.25) is 0 Å². The van der Waals surface area contributed by atoms with E-state index in [1.165, 1.54) is 17.1 Å². The summed E-state index contributed by atoms with van der Waals surface area (Å²) in [5, 5.41) is 0.321. The van der Waals surface area contributed by atoms with Crippen molar-refractivity contribution in [3.05, 3.63) is 76.2 Å². The number of aromatic nitrogens is 1. The molecule has 0 aliphatic heterocycles. The van der Waals surface area contributed by atoms with Crippen LogP contribution in [0.4, 0.5) is 5.13 Å². The van der Waals surface area contributed by atoms with Gasteiger partial charge in [-0.1, -0.05) is 41.7 Å². The van der Waals surface area contributed by atoms with Crippen LogP contribution in [0.15, 0.2) is 53.0 Å². The molecule has 0 saturated carbocycles. The van der Waals surface area contributed by atoms with Gasteiger partial charge < -0.3 is 13.9 Å². The zero-order valence-corrected chi connectivity index (χ0v) is 19.4. The lowest BCUT2D eigenvalue weighted by molar-refractivity contribution is -0.142. The summed E-state index contributed by atoms with van der Waals surface area (Å²) in [4.78, 5) is 43.4. The van der Waals surface area contributed by atoms with E-state index in [2.05, 4.69) is 4.98 Å². The Morgan fingerprint density at radius 2 is 1.85 bits per heavy atom.